The van der Waals surface area contributed by atoms with Gasteiger partial charge in [-0.3, -0.25) is 9.69 Å². The molecule has 0 aliphatic carbocycles. The number of nitrogens with one attached hydrogen (secondary N) is 1. The Hall–Kier alpha value is -3.22. The normalized spacial score (nSPS) is 10.7. The number of methoxy groups -OCH3 is 2. The summed E-state index contributed by atoms with van der Waals surface area (Å²) in [7, 11) is 3.18. The van der Waals surface area contributed by atoms with Crippen LogP contribution in [0.3, 0.4) is 0 Å². The van der Waals surface area contributed by atoms with Gasteiger partial charge >= 0.3 is 0 Å². The second-order valence-electron chi connectivity index (χ2n) is 7.43. The molecule has 0 saturated heterocycles. The van der Waals surface area contributed by atoms with Crippen molar-refractivity contribution in [3.8, 4) is 17.2 Å². The van der Waals surface area contributed by atoms with Crippen LogP contribution in [0.15, 0.2) is 72.8 Å². The van der Waals surface area contributed by atoms with E-state index < -0.39 is 0 Å². The molecule has 6 nitrogen and oxygen atoms in total. The topological polar surface area (TPSA) is 60.0 Å². The van der Waals surface area contributed by atoms with Gasteiger partial charge in [-0.1, -0.05) is 60.1 Å². The molecule has 3 aromatic rings. The maximum Gasteiger partial charge on any atom is 0.234 e. The monoisotopic (exact) mass is 468 g/mol. The van der Waals surface area contributed by atoms with Gasteiger partial charge in [-0.15, -0.1) is 0 Å². The molecule has 174 valence electrons. The first-order valence-corrected chi connectivity index (χ1v) is 11.1. The van der Waals surface area contributed by atoms with E-state index >= 15 is 0 Å². The molecular weight excluding hydrogens is 440 g/mol. The quantitative estimate of drug-likeness (QED) is 0.422. The van der Waals surface area contributed by atoms with Crippen LogP contribution in [-0.2, 0) is 17.9 Å². The van der Waals surface area contributed by atoms with E-state index in [1.54, 1.807) is 26.4 Å². The van der Waals surface area contributed by atoms with Gasteiger partial charge in [0.1, 0.15) is 12.4 Å². The zero-order chi connectivity index (χ0) is 23.5. The Morgan fingerprint density at radius 1 is 0.939 bits per heavy atom. The van der Waals surface area contributed by atoms with Crippen molar-refractivity contribution in [3.05, 3.63) is 88.9 Å². The number of carbonyl (C=O) groups excluding carboxylic acids is 1. The third-order valence-corrected chi connectivity index (χ3v) is 5.45. The standard InChI is InChI=1S/C26H29ClN2O4/c1-31-24-13-12-22(16-25(24)32-2)33-15-14-29(18-20-8-4-3-5-9-20)19-26(30)28-17-21-10-6-7-11-23(21)27/h3-13,16H,14-15,17-19H2,1-2H3,(H,28,30). The fraction of sp³-hybridized carbons (Fsp3) is 0.269. The zero-order valence-electron chi connectivity index (χ0n) is 18.9. The predicted molar refractivity (Wildman–Crippen MR) is 130 cm³/mol. The molecule has 0 heterocycles. The zero-order valence-corrected chi connectivity index (χ0v) is 19.7. The van der Waals surface area contributed by atoms with E-state index in [1.807, 2.05) is 60.7 Å². The van der Waals surface area contributed by atoms with E-state index in [-0.39, 0.29) is 12.5 Å². The van der Waals surface area contributed by atoms with Crippen LogP contribution < -0.4 is 19.5 Å². The van der Waals surface area contributed by atoms with Gasteiger partial charge in [-0.05, 0) is 29.3 Å². The maximum absolute atomic E-state index is 12.6. The number of hydrogen-bond donors (Lipinski definition) is 1. The number of nitrogens with zero attached hydrogens (tertiary/aromatic N) is 1. The summed E-state index contributed by atoms with van der Waals surface area (Å²) in [5.74, 6) is 1.85. The Bertz CT molecular complexity index is 1030. The number of hydrogen-bond acceptors (Lipinski definition) is 5. The van der Waals surface area contributed by atoms with Crippen molar-refractivity contribution >= 4 is 17.5 Å². The summed E-state index contributed by atoms with van der Waals surface area (Å²) >= 11 is 6.19. The molecule has 0 fully saturated rings. The van der Waals surface area contributed by atoms with Crippen LogP contribution in [0, 0.1) is 0 Å². The minimum Gasteiger partial charge on any atom is -0.493 e. The van der Waals surface area contributed by atoms with E-state index in [0.29, 0.717) is 48.5 Å². The first-order chi connectivity index (χ1) is 16.1. The summed E-state index contributed by atoms with van der Waals surface area (Å²) in [6.45, 7) is 2.26. The first kappa shape index (κ1) is 24.4. The number of amides is 1. The number of benzene rings is 3. The number of ether oxygens (including phenoxy) is 3. The van der Waals surface area contributed by atoms with Gasteiger partial charge in [-0.25, -0.2) is 0 Å². The lowest BCUT2D eigenvalue weighted by Crippen LogP contribution is -2.38. The Labute approximate surface area is 200 Å². The van der Waals surface area contributed by atoms with Gasteiger partial charge in [0, 0.05) is 30.7 Å². The largest absolute Gasteiger partial charge is 0.493 e. The highest BCUT2D eigenvalue weighted by atomic mass is 35.5. The van der Waals surface area contributed by atoms with Crippen molar-refractivity contribution in [1.29, 1.82) is 0 Å². The van der Waals surface area contributed by atoms with Crippen molar-refractivity contribution in [3.63, 3.8) is 0 Å². The maximum atomic E-state index is 12.6. The van der Waals surface area contributed by atoms with Crippen molar-refractivity contribution in [1.82, 2.24) is 10.2 Å². The first-order valence-electron chi connectivity index (χ1n) is 10.7. The van der Waals surface area contributed by atoms with Gasteiger partial charge in [0.25, 0.3) is 0 Å². The molecule has 1 amide bonds. The number of rotatable bonds is 12. The van der Waals surface area contributed by atoms with Crippen molar-refractivity contribution in [2.75, 3.05) is 33.9 Å². The minimum absolute atomic E-state index is 0.0723. The Morgan fingerprint density at radius 3 is 2.39 bits per heavy atom. The summed E-state index contributed by atoms with van der Waals surface area (Å²) in [4.78, 5) is 14.7. The lowest BCUT2D eigenvalue weighted by atomic mass is 10.2. The lowest BCUT2D eigenvalue weighted by molar-refractivity contribution is -0.122. The molecule has 3 aromatic carbocycles. The van der Waals surface area contributed by atoms with E-state index in [2.05, 4.69) is 10.2 Å². The van der Waals surface area contributed by atoms with Gasteiger partial charge < -0.3 is 19.5 Å². The van der Waals surface area contributed by atoms with Gasteiger partial charge in [0.05, 0.1) is 20.8 Å². The summed E-state index contributed by atoms with van der Waals surface area (Å²) in [6, 6.07) is 23.0. The average Bonchev–Trinajstić information content (AvgIpc) is 2.84. The smallest absolute Gasteiger partial charge is 0.234 e. The minimum atomic E-state index is -0.0723. The molecule has 33 heavy (non-hydrogen) atoms. The van der Waals surface area contributed by atoms with Crippen LogP contribution in [0.1, 0.15) is 11.1 Å². The van der Waals surface area contributed by atoms with Crippen LogP contribution >= 0.6 is 11.6 Å². The highest BCUT2D eigenvalue weighted by Gasteiger charge is 2.13. The molecule has 0 bridgehead atoms. The molecule has 0 aliphatic heterocycles. The van der Waals surface area contributed by atoms with Crippen LogP contribution in [-0.4, -0.2) is 44.7 Å². The summed E-state index contributed by atoms with van der Waals surface area (Å²) in [5, 5.41) is 3.60. The average molecular weight is 469 g/mol. The molecular formula is C26H29ClN2O4. The van der Waals surface area contributed by atoms with Crippen LogP contribution in [0.4, 0.5) is 0 Å². The van der Waals surface area contributed by atoms with Gasteiger partial charge in [0.15, 0.2) is 11.5 Å². The van der Waals surface area contributed by atoms with Crippen molar-refractivity contribution in [2.45, 2.75) is 13.1 Å². The fourth-order valence-electron chi connectivity index (χ4n) is 3.35. The molecule has 7 heteroatoms. The Balaban J connectivity index is 1.58. The molecule has 0 saturated carbocycles. The molecule has 0 unspecified atom stereocenters. The van der Waals surface area contributed by atoms with Crippen LogP contribution in [0.25, 0.3) is 0 Å². The molecule has 0 radical (unpaired) electrons. The second kappa shape index (κ2) is 12.7. The summed E-state index contributed by atoms with van der Waals surface area (Å²) in [5.41, 5.74) is 2.02. The van der Waals surface area contributed by atoms with Crippen molar-refractivity contribution < 1.29 is 19.0 Å². The Kier molecular flexibility index (Phi) is 9.42. The number of halogens is 1. The third-order valence-electron chi connectivity index (χ3n) is 5.08. The molecule has 3 rings (SSSR count). The van der Waals surface area contributed by atoms with Crippen LogP contribution in [0.5, 0.6) is 17.2 Å². The molecule has 0 aliphatic rings. The lowest BCUT2D eigenvalue weighted by Gasteiger charge is -2.22. The van der Waals surface area contributed by atoms with Gasteiger partial charge in [-0.2, -0.15) is 0 Å². The van der Waals surface area contributed by atoms with Gasteiger partial charge in [0.2, 0.25) is 5.91 Å². The second-order valence-corrected chi connectivity index (χ2v) is 7.84. The highest BCUT2D eigenvalue weighted by Crippen LogP contribution is 2.30. The summed E-state index contributed by atoms with van der Waals surface area (Å²) < 4.78 is 16.5. The number of carbonyl (C=O) groups is 1. The molecule has 0 atom stereocenters. The van der Waals surface area contributed by atoms with E-state index in [4.69, 9.17) is 25.8 Å². The van der Waals surface area contributed by atoms with E-state index in [0.717, 1.165) is 11.1 Å². The molecule has 0 spiro atoms. The van der Waals surface area contributed by atoms with E-state index in [1.165, 1.54) is 0 Å². The van der Waals surface area contributed by atoms with Crippen molar-refractivity contribution in [2.24, 2.45) is 0 Å². The Morgan fingerprint density at radius 2 is 1.67 bits per heavy atom. The summed E-state index contributed by atoms with van der Waals surface area (Å²) in [6.07, 6.45) is 0. The fourth-order valence-corrected chi connectivity index (χ4v) is 3.55. The van der Waals surface area contributed by atoms with Crippen LogP contribution in [0.2, 0.25) is 5.02 Å². The highest BCUT2D eigenvalue weighted by molar-refractivity contribution is 6.31. The van der Waals surface area contributed by atoms with E-state index in [9.17, 15) is 4.79 Å². The molecule has 1 N–H and O–H groups in total. The SMILES string of the molecule is COc1ccc(OCCN(CC(=O)NCc2ccccc2Cl)Cc2ccccc2)cc1OC. The molecule has 0 aromatic heterocycles. The predicted octanol–water partition coefficient (Wildman–Crippen LogP) is 4.55. The third kappa shape index (κ3) is 7.70.